The summed E-state index contributed by atoms with van der Waals surface area (Å²) in [6, 6.07) is 6.14. The summed E-state index contributed by atoms with van der Waals surface area (Å²) in [4.78, 5) is 19.2. The fraction of sp³-hybridized carbons (Fsp3) is 0.619. The van der Waals surface area contributed by atoms with Crippen LogP contribution in [0.4, 0.5) is 0 Å². The summed E-state index contributed by atoms with van der Waals surface area (Å²) in [7, 11) is 5.36. The first kappa shape index (κ1) is 21.1. The maximum atomic E-state index is 12.7. The minimum atomic E-state index is -0.318. The van der Waals surface area contributed by atoms with E-state index in [2.05, 4.69) is 22.8 Å². The van der Waals surface area contributed by atoms with E-state index < -0.39 is 0 Å². The highest BCUT2D eigenvalue weighted by molar-refractivity contribution is 5.85. The number of carbonyl (C=O) groups excluding carboxylic acids is 1. The van der Waals surface area contributed by atoms with Gasteiger partial charge in [-0.3, -0.25) is 4.79 Å². The van der Waals surface area contributed by atoms with Crippen LogP contribution in [0.1, 0.15) is 43.7 Å². The zero-order valence-corrected chi connectivity index (χ0v) is 17.4. The second-order valence-corrected chi connectivity index (χ2v) is 7.55. The molecule has 1 aromatic carbocycles. The quantitative estimate of drug-likeness (QED) is 0.569. The van der Waals surface area contributed by atoms with E-state index >= 15 is 0 Å². The van der Waals surface area contributed by atoms with Gasteiger partial charge in [0.05, 0.1) is 19.1 Å². The van der Waals surface area contributed by atoms with Crippen molar-refractivity contribution in [2.24, 2.45) is 10.4 Å². The fourth-order valence-electron chi connectivity index (χ4n) is 3.73. The van der Waals surface area contributed by atoms with Crippen LogP contribution in [-0.4, -0.2) is 51.1 Å². The van der Waals surface area contributed by atoms with Gasteiger partial charge in [0.25, 0.3) is 0 Å². The Hall–Kier alpha value is -2.24. The summed E-state index contributed by atoms with van der Waals surface area (Å²) in [6.45, 7) is 5.99. The van der Waals surface area contributed by atoms with E-state index in [1.165, 1.54) is 0 Å². The molecule has 1 aromatic rings. The first-order valence-corrected chi connectivity index (χ1v) is 9.79. The largest absolute Gasteiger partial charge is 0.496 e. The van der Waals surface area contributed by atoms with Crippen LogP contribution in [0.15, 0.2) is 23.2 Å². The van der Waals surface area contributed by atoms with Crippen molar-refractivity contribution in [3.8, 4) is 5.75 Å². The molecule has 0 unspecified atom stereocenters. The molecule has 1 aliphatic carbocycles. The molecule has 1 amide bonds. The van der Waals surface area contributed by atoms with Crippen molar-refractivity contribution in [2.45, 2.75) is 46.1 Å². The standard InChI is InChI=1S/C21H34N4O2/c1-6-22-20(23-14-17-10-9-16(2)13-18(17)27-5)24-15-21(11-7-8-12-21)19(26)25(3)4/h9-10,13H,6-8,11-12,14-15H2,1-5H3,(H2,22,23,24). The molecule has 0 spiro atoms. The topological polar surface area (TPSA) is 66.0 Å². The average Bonchev–Trinajstić information content (AvgIpc) is 3.14. The molecule has 2 rings (SSSR count). The second kappa shape index (κ2) is 9.62. The summed E-state index contributed by atoms with van der Waals surface area (Å²) >= 11 is 0. The Morgan fingerprint density at radius 3 is 2.56 bits per heavy atom. The summed E-state index contributed by atoms with van der Waals surface area (Å²) < 4.78 is 5.47. The Bertz CT molecular complexity index is 664. The molecule has 27 heavy (non-hydrogen) atoms. The molecule has 0 heterocycles. The molecule has 0 aromatic heterocycles. The maximum absolute atomic E-state index is 12.7. The van der Waals surface area contributed by atoms with Gasteiger partial charge >= 0.3 is 0 Å². The zero-order chi connectivity index (χ0) is 19.9. The van der Waals surface area contributed by atoms with E-state index in [1.54, 1.807) is 12.0 Å². The minimum absolute atomic E-state index is 0.212. The van der Waals surface area contributed by atoms with Gasteiger partial charge in [-0.15, -0.1) is 0 Å². The van der Waals surface area contributed by atoms with Crippen LogP contribution >= 0.6 is 0 Å². The van der Waals surface area contributed by atoms with Crippen LogP contribution in [0.5, 0.6) is 5.75 Å². The minimum Gasteiger partial charge on any atom is -0.496 e. The van der Waals surface area contributed by atoms with E-state index in [0.29, 0.717) is 13.1 Å². The smallest absolute Gasteiger partial charge is 0.230 e. The molecule has 0 saturated heterocycles. The van der Waals surface area contributed by atoms with Gasteiger partial charge in [0, 0.05) is 32.7 Å². The summed E-state index contributed by atoms with van der Waals surface area (Å²) in [5, 5.41) is 6.69. The molecule has 0 radical (unpaired) electrons. The highest BCUT2D eigenvalue weighted by Gasteiger charge is 2.42. The summed E-state index contributed by atoms with van der Waals surface area (Å²) in [5.41, 5.74) is 1.89. The Kier molecular flexibility index (Phi) is 7.51. The number of aryl methyl sites for hydroxylation is 1. The van der Waals surface area contributed by atoms with Crippen molar-refractivity contribution >= 4 is 11.9 Å². The Balaban J connectivity index is 2.10. The van der Waals surface area contributed by atoms with Gasteiger partial charge in [-0.05, 0) is 38.3 Å². The van der Waals surface area contributed by atoms with Crippen LogP contribution in [0.2, 0.25) is 0 Å². The lowest BCUT2D eigenvalue weighted by molar-refractivity contribution is -0.138. The third-order valence-electron chi connectivity index (χ3n) is 5.21. The molecule has 0 aliphatic heterocycles. The number of ether oxygens (including phenoxy) is 1. The third kappa shape index (κ3) is 5.37. The molecule has 1 aliphatic rings. The number of nitrogens with zero attached hydrogens (tertiary/aromatic N) is 2. The molecular formula is C21H34N4O2. The van der Waals surface area contributed by atoms with E-state index in [1.807, 2.05) is 34.0 Å². The third-order valence-corrected chi connectivity index (χ3v) is 5.21. The molecule has 6 heteroatoms. The van der Waals surface area contributed by atoms with Crippen LogP contribution in [0, 0.1) is 12.3 Å². The van der Waals surface area contributed by atoms with Crippen molar-refractivity contribution in [1.82, 2.24) is 15.5 Å². The molecule has 2 N–H and O–H groups in total. The monoisotopic (exact) mass is 374 g/mol. The summed E-state index contributed by atoms with van der Waals surface area (Å²) in [5.74, 6) is 1.80. The van der Waals surface area contributed by atoms with E-state index in [0.717, 1.165) is 55.1 Å². The van der Waals surface area contributed by atoms with E-state index in [4.69, 9.17) is 9.73 Å². The number of methoxy groups -OCH3 is 1. The van der Waals surface area contributed by atoms with Crippen LogP contribution in [0.3, 0.4) is 0 Å². The van der Waals surface area contributed by atoms with E-state index in [-0.39, 0.29) is 11.3 Å². The van der Waals surface area contributed by atoms with Gasteiger partial charge < -0.3 is 20.3 Å². The van der Waals surface area contributed by atoms with Crippen molar-refractivity contribution in [2.75, 3.05) is 34.3 Å². The number of nitrogens with one attached hydrogen (secondary N) is 2. The average molecular weight is 375 g/mol. The fourth-order valence-corrected chi connectivity index (χ4v) is 3.73. The number of guanidine groups is 1. The van der Waals surface area contributed by atoms with Gasteiger partial charge in [0.15, 0.2) is 5.96 Å². The lowest BCUT2D eigenvalue weighted by Crippen LogP contribution is -2.49. The highest BCUT2D eigenvalue weighted by atomic mass is 16.5. The van der Waals surface area contributed by atoms with Crippen LogP contribution in [0.25, 0.3) is 0 Å². The Morgan fingerprint density at radius 2 is 1.96 bits per heavy atom. The van der Waals surface area contributed by atoms with E-state index in [9.17, 15) is 4.79 Å². The first-order chi connectivity index (χ1) is 12.9. The van der Waals surface area contributed by atoms with Crippen molar-refractivity contribution in [3.63, 3.8) is 0 Å². The maximum Gasteiger partial charge on any atom is 0.230 e. The number of amides is 1. The van der Waals surface area contributed by atoms with Crippen molar-refractivity contribution < 1.29 is 9.53 Å². The molecule has 0 bridgehead atoms. The second-order valence-electron chi connectivity index (χ2n) is 7.55. The lowest BCUT2D eigenvalue weighted by Gasteiger charge is -2.31. The lowest BCUT2D eigenvalue weighted by atomic mass is 9.84. The molecule has 6 nitrogen and oxygen atoms in total. The normalized spacial score (nSPS) is 16.1. The molecule has 150 valence electrons. The number of rotatable bonds is 7. The zero-order valence-electron chi connectivity index (χ0n) is 17.4. The van der Waals surface area contributed by atoms with Crippen LogP contribution in [-0.2, 0) is 11.3 Å². The van der Waals surface area contributed by atoms with Gasteiger partial charge in [-0.1, -0.05) is 25.0 Å². The molecule has 1 fully saturated rings. The Morgan fingerprint density at radius 1 is 1.26 bits per heavy atom. The van der Waals surface area contributed by atoms with Gasteiger partial charge in [-0.2, -0.15) is 0 Å². The van der Waals surface area contributed by atoms with Gasteiger partial charge in [0.1, 0.15) is 5.75 Å². The van der Waals surface area contributed by atoms with Crippen molar-refractivity contribution in [3.05, 3.63) is 29.3 Å². The number of hydrogen-bond donors (Lipinski definition) is 2. The molecular weight excluding hydrogens is 340 g/mol. The first-order valence-electron chi connectivity index (χ1n) is 9.79. The predicted octanol–water partition coefficient (Wildman–Crippen LogP) is 2.71. The predicted molar refractivity (Wildman–Crippen MR) is 110 cm³/mol. The highest BCUT2D eigenvalue weighted by Crippen LogP contribution is 2.38. The van der Waals surface area contributed by atoms with Gasteiger partial charge in [0.2, 0.25) is 5.91 Å². The van der Waals surface area contributed by atoms with Gasteiger partial charge in [-0.25, -0.2) is 4.99 Å². The molecule has 1 saturated carbocycles. The summed E-state index contributed by atoms with van der Waals surface area (Å²) in [6.07, 6.45) is 4.08. The van der Waals surface area contributed by atoms with Crippen LogP contribution < -0.4 is 15.4 Å². The number of aliphatic imine (C=N–C) groups is 1. The Labute approximate surface area is 163 Å². The SMILES string of the molecule is CCNC(=NCc1ccc(C)cc1OC)NCC1(C(=O)N(C)C)CCCC1. The number of carbonyl (C=O) groups is 1. The number of hydrogen-bond acceptors (Lipinski definition) is 3. The molecule has 0 atom stereocenters. The number of benzene rings is 1. The van der Waals surface area contributed by atoms with Crippen molar-refractivity contribution in [1.29, 1.82) is 0 Å².